The van der Waals surface area contributed by atoms with Crippen LogP contribution in [0.2, 0.25) is 0 Å². The standard InChI is InChI=1S/C32H66O/c1-15-19-21-25(17-3)27(31(11,12)23-29(5,6)7)33-28(26(18-4)22-20-16-2)32(13,14)24-30(8,9)10/h25-28H,15-24H2,1-14H3. The Morgan fingerprint density at radius 3 is 1.03 bits per heavy atom. The summed E-state index contributed by atoms with van der Waals surface area (Å²) in [7, 11) is 0. The van der Waals surface area contributed by atoms with E-state index in [0.717, 1.165) is 0 Å². The molecule has 4 unspecified atom stereocenters. The Balaban J connectivity index is 6.40. The Kier molecular flexibility index (Phi) is 13.9. The van der Waals surface area contributed by atoms with Gasteiger partial charge < -0.3 is 4.74 Å². The van der Waals surface area contributed by atoms with Crippen LogP contribution < -0.4 is 0 Å². The first-order chi connectivity index (χ1) is 14.9. The second kappa shape index (κ2) is 13.9. The van der Waals surface area contributed by atoms with E-state index in [4.69, 9.17) is 4.74 Å². The fourth-order valence-electron chi connectivity index (χ4n) is 7.03. The van der Waals surface area contributed by atoms with E-state index in [-0.39, 0.29) is 10.8 Å². The molecule has 0 radical (unpaired) electrons. The minimum atomic E-state index is 0.159. The van der Waals surface area contributed by atoms with Crippen molar-refractivity contribution in [1.82, 2.24) is 0 Å². The lowest BCUT2D eigenvalue weighted by molar-refractivity contribution is -0.172. The molecule has 0 aromatic heterocycles. The Morgan fingerprint density at radius 2 is 0.818 bits per heavy atom. The molecule has 33 heavy (non-hydrogen) atoms. The molecule has 0 spiro atoms. The van der Waals surface area contributed by atoms with E-state index in [2.05, 4.69) is 96.9 Å². The molecule has 0 amide bonds. The van der Waals surface area contributed by atoms with Gasteiger partial charge >= 0.3 is 0 Å². The zero-order valence-electron chi connectivity index (χ0n) is 25.8. The number of hydrogen-bond acceptors (Lipinski definition) is 1. The maximum absolute atomic E-state index is 7.57. The first kappa shape index (κ1) is 33.0. The van der Waals surface area contributed by atoms with Crippen LogP contribution in [0.3, 0.4) is 0 Å². The first-order valence-corrected chi connectivity index (χ1v) is 14.6. The minimum Gasteiger partial charge on any atom is -0.373 e. The third-order valence-corrected chi connectivity index (χ3v) is 7.57. The second-order valence-corrected chi connectivity index (χ2v) is 15.1. The monoisotopic (exact) mass is 467 g/mol. The van der Waals surface area contributed by atoms with Crippen LogP contribution in [-0.4, -0.2) is 12.2 Å². The lowest BCUT2D eigenvalue weighted by Gasteiger charge is -2.50. The Labute approximate surface area is 211 Å². The molecular weight excluding hydrogens is 400 g/mol. The van der Waals surface area contributed by atoms with E-state index in [9.17, 15) is 0 Å². The van der Waals surface area contributed by atoms with Crippen LogP contribution in [0.1, 0.15) is 161 Å². The highest BCUT2D eigenvalue weighted by Gasteiger charge is 2.45. The summed E-state index contributed by atoms with van der Waals surface area (Å²) in [6, 6.07) is 0. The van der Waals surface area contributed by atoms with Crippen molar-refractivity contribution in [2.75, 3.05) is 0 Å². The molecule has 200 valence electrons. The van der Waals surface area contributed by atoms with Crippen molar-refractivity contribution in [1.29, 1.82) is 0 Å². The van der Waals surface area contributed by atoms with E-state index in [1.54, 1.807) is 0 Å². The lowest BCUT2D eigenvalue weighted by Crippen LogP contribution is -2.49. The minimum absolute atomic E-state index is 0.159. The van der Waals surface area contributed by atoms with Gasteiger partial charge in [-0.3, -0.25) is 0 Å². The molecule has 0 aliphatic heterocycles. The smallest absolute Gasteiger partial charge is 0.0658 e. The van der Waals surface area contributed by atoms with Crippen LogP contribution >= 0.6 is 0 Å². The van der Waals surface area contributed by atoms with E-state index in [1.165, 1.54) is 64.2 Å². The molecule has 0 bridgehead atoms. The quantitative estimate of drug-likeness (QED) is 0.220. The third kappa shape index (κ3) is 12.5. The summed E-state index contributed by atoms with van der Waals surface area (Å²) in [5, 5.41) is 0. The lowest BCUT2D eigenvalue weighted by atomic mass is 9.66. The van der Waals surface area contributed by atoms with Crippen LogP contribution in [-0.2, 0) is 4.74 Å². The van der Waals surface area contributed by atoms with Gasteiger partial charge in [0.05, 0.1) is 12.2 Å². The molecule has 1 nitrogen and oxygen atoms in total. The predicted octanol–water partition coefficient (Wildman–Crippen LogP) is 11.1. The zero-order valence-corrected chi connectivity index (χ0v) is 25.8. The van der Waals surface area contributed by atoms with Crippen LogP contribution in [0.4, 0.5) is 0 Å². The van der Waals surface area contributed by atoms with Gasteiger partial charge in [0.1, 0.15) is 0 Å². The topological polar surface area (TPSA) is 9.23 Å². The van der Waals surface area contributed by atoms with Crippen LogP contribution in [0, 0.1) is 33.5 Å². The molecule has 0 saturated heterocycles. The summed E-state index contributed by atoms with van der Waals surface area (Å²) >= 11 is 0. The van der Waals surface area contributed by atoms with E-state index < -0.39 is 0 Å². The summed E-state index contributed by atoms with van der Waals surface area (Å²) < 4.78 is 7.57. The van der Waals surface area contributed by atoms with E-state index in [1.807, 2.05) is 0 Å². The molecule has 0 rings (SSSR count). The summed E-state index contributed by atoms with van der Waals surface area (Å²) in [5.41, 5.74) is 0.922. The average Bonchev–Trinajstić information content (AvgIpc) is 2.62. The Bertz CT molecular complexity index is 456. The van der Waals surface area contributed by atoms with Gasteiger partial charge in [0.15, 0.2) is 0 Å². The number of rotatable bonds is 16. The maximum Gasteiger partial charge on any atom is 0.0658 e. The first-order valence-electron chi connectivity index (χ1n) is 14.6. The average molecular weight is 467 g/mol. The third-order valence-electron chi connectivity index (χ3n) is 7.57. The van der Waals surface area contributed by atoms with Gasteiger partial charge in [0, 0.05) is 0 Å². The molecule has 4 atom stereocenters. The van der Waals surface area contributed by atoms with Crippen molar-refractivity contribution < 1.29 is 4.74 Å². The Morgan fingerprint density at radius 1 is 0.515 bits per heavy atom. The molecule has 1 heteroatoms. The van der Waals surface area contributed by atoms with Crippen LogP contribution in [0.15, 0.2) is 0 Å². The van der Waals surface area contributed by atoms with E-state index in [0.29, 0.717) is 34.9 Å². The molecular formula is C32H66O. The van der Waals surface area contributed by atoms with Crippen LogP contribution in [0.5, 0.6) is 0 Å². The summed E-state index contributed by atoms with van der Waals surface area (Å²) in [6.07, 6.45) is 13.2. The molecule has 0 aromatic carbocycles. The summed E-state index contributed by atoms with van der Waals surface area (Å²) in [5.74, 6) is 1.28. The van der Waals surface area contributed by atoms with Gasteiger partial charge in [-0.1, -0.05) is 135 Å². The van der Waals surface area contributed by atoms with Gasteiger partial charge in [-0.2, -0.15) is 0 Å². The van der Waals surface area contributed by atoms with Gasteiger partial charge in [0.2, 0.25) is 0 Å². The highest BCUT2D eigenvalue weighted by atomic mass is 16.5. The number of ether oxygens (including phenoxy) is 1. The number of hydrogen-bond donors (Lipinski definition) is 0. The fraction of sp³-hybridized carbons (Fsp3) is 1.00. The van der Waals surface area contributed by atoms with Crippen molar-refractivity contribution in [3.8, 4) is 0 Å². The number of unbranched alkanes of at least 4 members (excludes halogenated alkanes) is 2. The molecule has 0 saturated carbocycles. The molecule has 0 N–H and O–H groups in total. The van der Waals surface area contributed by atoms with Crippen molar-refractivity contribution in [2.45, 2.75) is 173 Å². The van der Waals surface area contributed by atoms with Gasteiger partial charge in [-0.25, -0.2) is 0 Å². The van der Waals surface area contributed by atoms with Crippen molar-refractivity contribution in [3.05, 3.63) is 0 Å². The molecule has 0 aromatic rings. The SMILES string of the molecule is CCCCC(CC)C(OC(C(CC)CCCC)C(C)(C)CC(C)(C)C)C(C)(C)CC(C)(C)C. The van der Waals surface area contributed by atoms with Gasteiger partial charge in [0.25, 0.3) is 0 Å². The van der Waals surface area contributed by atoms with Crippen molar-refractivity contribution in [3.63, 3.8) is 0 Å². The second-order valence-electron chi connectivity index (χ2n) is 15.1. The van der Waals surface area contributed by atoms with Gasteiger partial charge in [-0.05, 0) is 59.2 Å². The summed E-state index contributed by atoms with van der Waals surface area (Å²) in [4.78, 5) is 0. The highest BCUT2D eigenvalue weighted by Crippen LogP contribution is 2.47. The molecule has 0 aliphatic carbocycles. The predicted molar refractivity (Wildman–Crippen MR) is 151 cm³/mol. The van der Waals surface area contributed by atoms with Crippen molar-refractivity contribution >= 4 is 0 Å². The summed E-state index contributed by atoms with van der Waals surface area (Å²) in [6.45, 7) is 33.8. The Hall–Kier alpha value is -0.0400. The molecule has 0 heterocycles. The fourth-order valence-corrected chi connectivity index (χ4v) is 7.03. The van der Waals surface area contributed by atoms with Crippen molar-refractivity contribution in [2.24, 2.45) is 33.5 Å². The molecule has 0 aliphatic rings. The zero-order chi connectivity index (χ0) is 26.1. The van der Waals surface area contributed by atoms with E-state index >= 15 is 0 Å². The largest absolute Gasteiger partial charge is 0.373 e. The normalized spacial score (nSPS) is 17.6. The maximum atomic E-state index is 7.57. The highest BCUT2D eigenvalue weighted by molar-refractivity contribution is 4.93. The van der Waals surface area contributed by atoms with Gasteiger partial charge in [-0.15, -0.1) is 0 Å². The van der Waals surface area contributed by atoms with Crippen LogP contribution in [0.25, 0.3) is 0 Å². The molecule has 0 fully saturated rings.